The van der Waals surface area contributed by atoms with Crippen LogP contribution in [0.5, 0.6) is 5.75 Å². The van der Waals surface area contributed by atoms with E-state index in [9.17, 15) is 19.1 Å². The van der Waals surface area contributed by atoms with Gasteiger partial charge in [-0.3, -0.25) is 9.59 Å². The van der Waals surface area contributed by atoms with Crippen LogP contribution in [0, 0.1) is 11.3 Å². The average molecular weight is 362 g/mol. The Kier molecular flexibility index (Phi) is 6.16. The van der Waals surface area contributed by atoms with E-state index in [4.69, 9.17) is 5.26 Å². The number of nitrogens with one attached hydrogen (secondary N) is 2. The number of hydrogen-bond acceptors (Lipinski definition) is 5. The number of nitriles is 1. The first kappa shape index (κ1) is 19.7. The van der Waals surface area contributed by atoms with Crippen molar-refractivity contribution in [2.24, 2.45) is 0 Å². The molecule has 140 valence electrons. The predicted molar refractivity (Wildman–Crippen MR) is 93.1 cm³/mol. The number of nitrogens with zero attached hydrogens (tertiary/aromatic N) is 2. The number of phenolic OH excluding ortho intramolecular Hbond substituents is 1. The summed E-state index contributed by atoms with van der Waals surface area (Å²) in [6, 6.07) is 7.42. The second-order valence-electron chi connectivity index (χ2n) is 6.96. The molecule has 1 heterocycles. The lowest BCUT2D eigenvalue weighted by atomic mass is 10.1. The Labute approximate surface area is 151 Å². The third kappa shape index (κ3) is 4.92. The molecule has 3 N–H and O–H groups in total. The predicted octanol–water partition coefficient (Wildman–Crippen LogP) is 0.953. The van der Waals surface area contributed by atoms with Crippen molar-refractivity contribution in [1.82, 2.24) is 15.5 Å². The molecule has 0 radical (unpaired) electrons. The summed E-state index contributed by atoms with van der Waals surface area (Å²) in [6.45, 7) is 3.68. The first-order valence-corrected chi connectivity index (χ1v) is 8.38. The third-order valence-electron chi connectivity index (χ3n) is 4.28. The fourth-order valence-corrected chi connectivity index (χ4v) is 2.72. The van der Waals surface area contributed by atoms with Gasteiger partial charge in [-0.25, -0.2) is 4.39 Å². The summed E-state index contributed by atoms with van der Waals surface area (Å²) in [5.74, 6) is -0.881. The molecule has 2 rings (SSSR count). The monoisotopic (exact) mass is 362 g/mol. The normalized spacial score (nSPS) is 19.8. The van der Waals surface area contributed by atoms with E-state index in [1.165, 1.54) is 17.0 Å². The van der Waals surface area contributed by atoms with Gasteiger partial charge in [0, 0.05) is 18.5 Å². The van der Waals surface area contributed by atoms with Gasteiger partial charge in [0.25, 0.3) is 5.91 Å². The van der Waals surface area contributed by atoms with Crippen LogP contribution >= 0.6 is 0 Å². The van der Waals surface area contributed by atoms with Gasteiger partial charge in [-0.05, 0) is 26.0 Å². The van der Waals surface area contributed by atoms with Crippen LogP contribution in [0.2, 0.25) is 0 Å². The highest BCUT2D eigenvalue weighted by atomic mass is 19.1. The van der Waals surface area contributed by atoms with Crippen molar-refractivity contribution in [3.8, 4) is 11.8 Å². The van der Waals surface area contributed by atoms with Gasteiger partial charge in [0.2, 0.25) is 5.91 Å². The Morgan fingerprint density at radius 3 is 2.77 bits per heavy atom. The summed E-state index contributed by atoms with van der Waals surface area (Å²) in [5.41, 5.74) is -0.450. The van der Waals surface area contributed by atoms with E-state index in [0.29, 0.717) is 0 Å². The molecule has 7 nitrogen and oxygen atoms in total. The quantitative estimate of drug-likeness (QED) is 0.699. The molecule has 0 bridgehead atoms. The van der Waals surface area contributed by atoms with Crippen molar-refractivity contribution in [2.75, 3.05) is 19.6 Å². The van der Waals surface area contributed by atoms with Crippen LogP contribution in [0.25, 0.3) is 0 Å². The summed E-state index contributed by atoms with van der Waals surface area (Å²) in [7, 11) is 0. The Balaban J connectivity index is 1.85. The molecular weight excluding hydrogens is 339 g/mol. The molecule has 0 saturated carbocycles. The molecule has 1 aliphatic heterocycles. The molecule has 1 fully saturated rings. The van der Waals surface area contributed by atoms with Crippen molar-refractivity contribution >= 4 is 11.8 Å². The van der Waals surface area contributed by atoms with Gasteiger partial charge >= 0.3 is 0 Å². The largest absolute Gasteiger partial charge is 0.507 e. The number of para-hydroxylation sites is 1. The van der Waals surface area contributed by atoms with Gasteiger partial charge in [-0.15, -0.1) is 0 Å². The molecule has 0 spiro atoms. The fraction of sp³-hybridized carbons (Fsp3) is 0.500. The van der Waals surface area contributed by atoms with E-state index >= 15 is 0 Å². The molecule has 8 heteroatoms. The van der Waals surface area contributed by atoms with Crippen LogP contribution in [-0.2, 0) is 4.79 Å². The van der Waals surface area contributed by atoms with Crippen molar-refractivity contribution in [2.45, 2.75) is 38.0 Å². The number of rotatable bonds is 6. The van der Waals surface area contributed by atoms with Gasteiger partial charge in [-0.1, -0.05) is 12.1 Å². The Hall–Kier alpha value is -2.66. The van der Waals surface area contributed by atoms with Gasteiger partial charge in [0.05, 0.1) is 24.7 Å². The minimum absolute atomic E-state index is 0.0439. The Morgan fingerprint density at radius 1 is 1.42 bits per heavy atom. The Morgan fingerprint density at radius 2 is 2.12 bits per heavy atom. The second kappa shape index (κ2) is 8.15. The number of hydrogen-bond donors (Lipinski definition) is 3. The number of phenols is 1. The topological polar surface area (TPSA) is 105 Å². The molecule has 1 aromatic rings. The van der Waals surface area contributed by atoms with E-state index in [1.807, 2.05) is 6.07 Å². The van der Waals surface area contributed by atoms with Gasteiger partial charge < -0.3 is 20.6 Å². The average Bonchev–Trinajstić information content (AvgIpc) is 2.99. The van der Waals surface area contributed by atoms with E-state index in [1.54, 1.807) is 26.0 Å². The van der Waals surface area contributed by atoms with Crippen LogP contribution in [-0.4, -0.2) is 59.2 Å². The van der Waals surface area contributed by atoms with Gasteiger partial charge in [0.15, 0.2) is 0 Å². The SMILES string of the molecule is CC(C)(CNC(=O)c1ccccc1O)NCC(=O)N1C[C@@H](F)C[C@H]1C#N. The molecule has 0 unspecified atom stereocenters. The van der Waals surface area contributed by atoms with Crippen LogP contribution in [0.3, 0.4) is 0 Å². The molecular formula is C18H23FN4O3. The number of amides is 2. The summed E-state index contributed by atoms with van der Waals surface area (Å²) >= 11 is 0. The lowest BCUT2D eigenvalue weighted by Gasteiger charge is -2.28. The van der Waals surface area contributed by atoms with E-state index in [0.717, 1.165) is 0 Å². The number of likely N-dealkylation sites (tertiary alicyclic amines) is 1. The molecule has 26 heavy (non-hydrogen) atoms. The van der Waals surface area contributed by atoms with E-state index in [2.05, 4.69) is 10.6 Å². The smallest absolute Gasteiger partial charge is 0.255 e. The number of carbonyl (C=O) groups is 2. The maximum absolute atomic E-state index is 13.4. The first-order chi connectivity index (χ1) is 12.2. The van der Waals surface area contributed by atoms with Gasteiger partial charge in [0.1, 0.15) is 18.0 Å². The van der Waals surface area contributed by atoms with Crippen LogP contribution in [0.4, 0.5) is 4.39 Å². The first-order valence-electron chi connectivity index (χ1n) is 8.38. The summed E-state index contributed by atoms with van der Waals surface area (Å²) < 4.78 is 13.4. The van der Waals surface area contributed by atoms with Crippen molar-refractivity contribution in [1.29, 1.82) is 5.26 Å². The molecule has 0 aromatic heterocycles. The summed E-state index contributed by atoms with van der Waals surface area (Å²) in [6.07, 6.45) is -1.13. The highest BCUT2D eigenvalue weighted by molar-refractivity contribution is 5.96. The Bertz CT molecular complexity index is 717. The summed E-state index contributed by atoms with van der Waals surface area (Å²) in [5, 5.41) is 24.4. The zero-order chi connectivity index (χ0) is 19.3. The molecule has 1 aromatic carbocycles. The maximum Gasteiger partial charge on any atom is 0.255 e. The number of aromatic hydroxyl groups is 1. The number of alkyl halides is 1. The number of halogens is 1. The molecule has 2 amide bonds. The highest BCUT2D eigenvalue weighted by Gasteiger charge is 2.35. The van der Waals surface area contributed by atoms with Gasteiger partial charge in [-0.2, -0.15) is 5.26 Å². The molecule has 2 atom stereocenters. The molecule has 1 saturated heterocycles. The number of benzene rings is 1. The standard InChI is InChI=1S/C18H23FN4O3/c1-18(2,11-21-17(26)14-5-3-4-6-15(14)24)22-9-16(25)23-10-12(19)7-13(23)8-20/h3-6,12-13,22,24H,7,9-11H2,1-2H3,(H,21,26)/t12-,13-/m0/s1. The lowest BCUT2D eigenvalue weighted by Crippen LogP contribution is -2.52. The van der Waals surface area contributed by atoms with Crippen LogP contribution in [0.15, 0.2) is 24.3 Å². The zero-order valence-electron chi connectivity index (χ0n) is 14.8. The van der Waals surface area contributed by atoms with E-state index < -0.39 is 23.7 Å². The minimum Gasteiger partial charge on any atom is -0.507 e. The zero-order valence-corrected chi connectivity index (χ0v) is 14.8. The second-order valence-corrected chi connectivity index (χ2v) is 6.96. The van der Waals surface area contributed by atoms with Crippen molar-refractivity contribution in [3.05, 3.63) is 29.8 Å². The van der Waals surface area contributed by atoms with Crippen molar-refractivity contribution < 1.29 is 19.1 Å². The van der Waals surface area contributed by atoms with Crippen molar-refractivity contribution in [3.63, 3.8) is 0 Å². The minimum atomic E-state index is -1.17. The maximum atomic E-state index is 13.4. The molecule has 1 aliphatic rings. The summed E-state index contributed by atoms with van der Waals surface area (Å²) in [4.78, 5) is 25.6. The van der Waals surface area contributed by atoms with Crippen LogP contribution in [0.1, 0.15) is 30.6 Å². The fourth-order valence-electron chi connectivity index (χ4n) is 2.72. The highest BCUT2D eigenvalue weighted by Crippen LogP contribution is 2.20. The van der Waals surface area contributed by atoms with Crippen LogP contribution < -0.4 is 10.6 Å². The molecule has 0 aliphatic carbocycles. The third-order valence-corrected chi connectivity index (χ3v) is 4.28. The lowest BCUT2D eigenvalue weighted by molar-refractivity contribution is -0.130. The number of carbonyl (C=O) groups excluding carboxylic acids is 2. The van der Waals surface area contributed by atoms with E-state index in [-0.39, 0.29) is 43.3 Å².